The molecule has 0 aromatic heterocycles. The van der Waals surface area contributed by atoms with Crippen LogP contribution in [-0.4, -0.2) is 34.9 Å². The zero-order valence-electron chi connectivity index (χ0n) is 22.2. The number of unbranched alkanes of at least 4 members (excludes halogenated alkanes) is 18. The smallest absolute Gasteiger partial charge is 0.220 e. The summed E-state index contributed by atoms with van der Waals surface area (Å²) in [4.78, 5) is 12.1. The van der Waals surface area contributed by atoms with Crippen molar-refractivity contribution in [2.75, 3.05) is 6.61 Å². The van der Waals surface area contributed by atoms with Crippen LogP contribution < -0.4 is 5.32 Å². The van der Waals surface area contributed by atoms with Crippen molar-refractivity contribution in [3.05, 3.63) is 12.2 Å². The molecule has 0 aliphatic carbocycles. The summed E-state index contributed by atoms with van der Waals surface area (Å²) in [6, 6.07) is -0.611. The van der Waals surface area contributed by atoms with E-state index in [0.29, 0.717) is 6.42 Å². The molecular formula is C29H57NO3. The first kappa shape index (κ1) is 32.1. The van der Waals surface area contributed by atoms with Gasteiger partial charge >= 0.3 is 0 Å². The average molecular weight is 468 g/mol. The summed E-state index contributed by atoms with van der Waals surface area (Å²) in [5.74, 6) is -0.0714. The molecule has 2 atom stereocenters. The van der Waals surface area contributed by atoms with E-state index in [-0.39, 0.29) is 12.5 Å². The Bertz CT molecular complexity index is 439. The van der Waals surface area contributed by atoms with Crippen LogP contribution in [0.3, 0.4) is 0 Å². The van der Waals surface area contributed by atoms with Gasteiger partial charge in [0.2, 0.25) is 5.91 Å². The lowest BCUT2D eigenvalue weighted by molar-refractivity contribution is -0.123. The zero-order chi connectivity index (χ0) is 24.4. The Morgan fingerprint density at radius 3 is 1.58 bits per heavy atom. The van der Waals surface area contributed by atoms with Crippen LogP contribution in [0.1, 0.15) is 149 Å². The van der Waals surface area contributed by atoms with E-state index in [1.54, 1.807) is 6.08 Å². The van der Waals surface area contributed by atoms with Gasteiger partial charge in [0, 0.05) is 6.42 Å². The third-order valence-corrected chi connectivity index (χ3v) is 6.52. The molecule has 4 heteroatoms. The number of hydrogen-bond donors (Lipinski definition) is 3. The van der Waals surface area contributed by atoms with Gasteiger partial charge in [0.15, 0.2) is 0 Å². The minimum atomic E-state index is -0.828. The molecule has 0 radical (unpaired) electrons. The zero-order valence-corrected chi connectivity index (χ0v) is 22.2. The number of hydrogen-bond acceptors (Lipinski definition) is 3. The highest BCUT2D eigenvalue weighted by Gasteiger charge is 2.17. The third-order valence-electron chi connectivity index (χ3n) is 6.52. The van der Waals surface area contributed by atoms with Crippen molar-refractivity contribution in [3.8, 4) is 0 Å². The fourth-order valence-corrected chi connectivity index (χ4v) is 4.23. The molecule has 0 heterocycles. The Hall–Kier alpha value is -0.870. The van der Waals surface area contributed by atoms with Crippen LogP contribution in [0.5, 0.6) is 0 Å². The van der Waals surface area contributed by atoms with Gasteiger partial charge in [0.25, 0.3) is 0 Å². The average Bonchev–Trinajstić information content (AvgIpc) is 2.82. The fraction of sp³-hybridized carbons (Fsp3) is 0.897. The lowest BCUT2D eigenvalue weighted by atomic mass is 10.0. The molecule has 2 unspecified atom stereocenters. The number of aliphatic hydroxyl groups is 2. The van der Waals surface area contributed by atoms with Crippen molar-refractivity contribution < 1.29 is 15.0 Å². The molecule has 0 saturated carbocycles. The van der Waals surface area contributed by atoms with Crippen LogP contribution in [0.15, 0.2) is 12.2 Å². The molecule has 196 valence electrons. The quantitative estimate of drug-likeness (QED) is 0.0955. The van der Waals surface area contributed by atoms with Crippen molar-refractivity contribution in [2.24, 2.45) is 0 Å². The number of carbonyl (C=O) groups excluding carboxylic acids is 1. The largest absolute Gasteiger partial charge is 0.394 e. The maximum Gasteiger partial charge on any atom is 0.220 e. The Morgan fingerprint density at radius 2 is 1.12 bits per heavy atom. The van der Waals surface area contributed by atoms with Gasteiger partial charge in [-0.3, -0.25) is 4.79 Å². The molecule has 0 rings (SSSR count). The van der Waals surface area contributed by atoms with E-state index in [9.17, 15) is 15.0 Å². The van der Waals surface area contributed by atoms with Crippen LogP contribution in [0, 0.1) is 0 Å². The highest BCUT2D eigenvalue weighted by atomic mass is 16.3. The molecule has 0 aromatic carbocycles. The maximum absolute atomic E-state index is 12.1. The summed E-state index contributed by atoms with van der Waals surface area (Å²) >= 11 is 0. The molecule has 3 N–H and O–H groups in total. The van der Waals surface area contributed by atoms with Gasteiger partial charge in [0.1, 0.15) is 0 Å². The first-order chi connectivity index (χ1) is 16.2. The van der Waals surface area contributed by atoms with E-state index in [1.807, 2.05) is 6.08 Å². The lowest BCUT2D eigenvalue weighted by Gasteiger charge is -2.20. The number of allylic oxidation sites excluding steroid dienone is 1. The SMILES string of the molecule is CCCCCCCCCCCCC/C=C/C(O)C(CO)NC(=O)CCCCCCCCCC. The van der Waals surface area contributed by atoms with E-state index >= 15 is 0 Å². The van der Waals surface area contributed by atoms with E-state index in [2.05, 4.69) is 19.2 Å². The number of nitrogens with one attached hydrogen (secondary N) is 1. The lowest BCUT2D eigenvalue weighted by Crippen LogP contribution is -2.45. The molecule has 1 amide bonds. The van der Waals surface area contributed by atoms with E-state index < -0.39 is 12.1 Å². The second kappa shape index (κ2) is 25.7. The summed E-state index contributed by atoms with van der Waals surface area (Å²) in [6.07, 6.45) is 28.5. The summed E-state index contributed by atoms with van der Waals surface area (Å²) < 4.78 is 0. The number of carbonyl (C=O) groups is 1. The molecule has 4 nitrogen and oxygen atoms in total. The van der Waals surface area contributed by atoms with Gasteiger partial charge in [-0.15, -0.1) is 0 Å². The van der Waals surface area contributed by atoms with Crippen LogP contribution >= 0.6 is 0 Å². The van der Waals surface area contributed by atoms with Gasteiger partial charge in [-0.2, -0.15) is 0 Å². The van der Waals surface area contributed by atoms with Gasteiger partial charge in [-0.25, -0.2) is 0 Å². The van der Waals surface area contributed by atoms with Crippen molar-refractivity contribution >= 4 is 5.91 Å². The van der Waals surface area contributed by atoms with Gasteiger partial charge in [0.05, 0.1) is 18.8 Å². The van der Waals surface area contributed by atoms with Gasteiger partial charge < -0.3 is 15.5 Å². The first-order valence-electron chi connectivity index (χ1n) is 14.4. The van der Waals surface area contributed by atoms with Gasteiger partial charge in [-0.05, 0) is 19.3 Å². The van der Waals surface area contributed by atoms with Crippen LogP contribution in [0.25, 0.3) is 0 Å². The van der Waals surface area contributed by atoms with Crippen LogP contribution in [0.2, 0.25) is 0 Å². The first-order valence-corrected chi connectivity index (χ1v) is 14.4. The van der Waals surface area contributed by atoms with Crippen molar-refractivity contribution in [1.82, 2.24) is 5.32 Å². The predicted octanol–water partition coefficient (Wildman–Crippen LogP) is 7.61. The monoisotopic (exact) mass is 467 g/mol. The van der Waals surface area contributed by atoms with Crippen molar-refractivity contribution in [3.63, 3.8) is 0 Å². The summed E-state index contributed by atoms with van der Waals surface area (Å²) in [6.45, 7) is 4.25. The Morgan fingerprint density at radius 1 is 0.697 bits per heavy atom. The molecule has 33 heavy (non-hydrogen) atoms. The fourth-order valence-electron chi connectivity index (χ4n) is 4.23. The van der Waals surface area contributed by atoms with Crippen molar-refractivity contribution in [1.29, 1.82) is 0 Å². The molecule has 0 spiro atoms. The Labute approximate surface area is 206 Å². The molecule has 0 bridgehead atoms. The van der Waals surface area contributed by atoms with E-state index in [4.69, 9.17) is 0 Å². The number of aliphatic hydroxyl groups excluding tert-OH is 2. The van der Waals surface area contributed by atoms with Gasteiger partial charge in [-0.1, -0.05) is 135 Å². The Kier molecular flexibility index (Phi) is 25.1. The van der Waals surface area contributed by atoms with E-state index in [1.165, 1.54) is 103 Å². The molecule has 0 aliphatic rings. The maximum atomic E-state index is 12.1. The van der Waals surface area contributed by atoms with E-state index in [0.717, 1.165) is 25.7 Å². The second-order valence-electron chi connectivity index (χ2n) is 9.82. The highest BCUT2D eigenvalue weighted by Crippen LogP contribution is 2.12. The standard InChI is InChI=1S/C29H57NO3/c1-3-5-7-9-11-13-14-15-16-17-18-20-22-24-28(32)27(26-31)30-29(33)25-23-21-19-12-10-8-6-4-2/h22,24,27-28,31-32H,3-21,23,25-26H2,1-2H3,(H,30,33)/b24-22+. The summed E-state index contributed by atoms with van der Waals surface area (Å²) in [7, 11) is 0. The molecule has 0 aliphatic heterocycles. The second-order valence-corrected chi connectivity index (χ2v) is 9.82. The summed E-state index contributed by atoms with van der Waals surface area (Å²) in [5.41, 5.74) is 0. The summed E-state index contributed by atoms with van der Waals surface area (Å²) in [5, 5.41) is 22.6. The minimum Gasteiger partial charge on any atom is -0.394 e. The van der Waals surface area contributed by atoms with Crippen molar-refractivity contribution in [2.45, 2.75) is 161 Å². The predicted molar refractivity (Wildman–Crippen MR) is 142 cm³/mol. The third kappa shape index (κ3) is 22.7. The topological polar surface area (TPSA) is 69.6 Å². The number of amides is 1. The molecule has 0 aromatic rings. The molecule has 0 saturated heterocycles. The van der Waals surface area contributed by atoms with Crippen LogP contribution in [-0.2, 0) is 4.79 Å². The highest BCUT2D eigenvalue weighted by molar-refractivity contribution is 5.76. The molecule has 0 fully saturated rings. The normalized spacial score (nSPS) is 13.5. The number of rotatable bonds is 25. The van der Waals surface area contributed by atoms with Crippen LogP contribution in [0.4, 0.5) is 0 Å². The Balaban J connectivity index is 3.69. The molecular weight excluding hydrogens is 410 g/mol. The minimum absolute atomic E-state index is 0.0714.